The van der Waals surface area contributed by atoms with Gasteiger partial charge in [0.25, 0.3) is 5.91 Å². The lowest BCUT2D eigenvalue weighted by molar-refractivity contribution is -0.137. The molecule has 0 aromatic heterocycles. The van der Waals surface area contributed by atoms with Gasteiger partial charge in [-0.2, -0.15) is 13.2 Å². The Morgan fingerprint density at radius 3 is 2.26 bits per heavy atom. The summed E-state index contributed by atoms with van der Waals surface area (Å²) in [6.07, 6.45) is -4.52. The minimum Gasteiger partial charge on any atom is -0.394 e. The van der Waals surface area contributed by atoms with Gasteiger partial charge in [0.1, 0.15) is 11.9 Å². The molecule has 1 unspecified atom stereocenters. The van der Waals surface area contributed by atoms with Gasteiger partial charge in [-0.05, 0) is 54.6 Å². The molecule has 1 aliphatic rings. The fourth-order valence-electron chi connectivity index (χ4n) is 4.20. The first-order chi connectivity index (χ1) is 18.2. The number of alkyl halides is 3. The van der Waals surface area contributed by atoms with E-state index in [1.54, 1.807) is 24.3 Å². The Kier molecular flexibility index (Phi) is 8.16. The first kappa shape index (κ1) is 26.9. The molecule has 1 heterocycles. The van der Waals surface area contributed by atoms with Crippen molar-refractivity contribution in [1.82, 2.24) is 10.2 Å². The number of amides is 2. The van der Waals surface area contributed by atoms with E-state index in [1.165, 1.54) is 41.3 Å². The minimum absolute atomic E-state index is 0.0947. The molecule has 7 nitrogen and oxygen atoms in total. The highest BCUT2D eigenvalue weighted by Crippen LogP contribution is 2.32. The van der Waals surface area contributed by atoms with E-state index in [4.69, 9.17) is 0 Å². The molecule has 11 heteroatoms. The van der Waals surface area contributed by atoms with E-state index >= 15 is 0 Å². The lowest BCUT2D eigenvalue weighted by atomic mass is 10.1. The van der Waals surface area contributed by atoms with Crippen LogP contribution in [0.25, 0.3) is 0 Å². The van der Waals surface area contributed by atoms with Crippen LogP contribution in [0.2, 0.25) is 0 Å². The molecular formula is C27H26F4N4O3. The van der Waals surface area contributed by atoms with Crippen LogP contribution in [0.3, 0.4) is 0 Å². The third-order valence-corrected chi connectivity index (χ3v) is 6.21. The van der Waals surface area contributed by atoms with E-state index in [0.29, 0.717) is 26.2 Å². The van der Waals surface area contributed by atoms with Gasteiger partial charge in [-0.25, -0.2) is 4.39 Å². The van der Waals surface area contributed by atoms with Crippen molar-refractivity contribution < 1.29 is 32.3 Å². The summed E-state index contributed by atoms with van der Waals surface area (Å²) < 4.78 is 52.4. The van der Waals surface area contributed by atoms with Gasteiger partial charge in [0.05, 0.1) is 23.4 Å². The van der Waals surface area contributed by atoms with Gasteiger partial charge in [-0.15, -0.1) is 0 Å². The number of piperazine rings is 1. The summed E-state index contributed by atoms with van der Waals surface area (Å²) in [5, 5.41) is 15.2. The molecule has 3 N–H and O–H groups in total. The fraction of sp³-hybridized carbons (Fsp3) is 0.259. The molecule has 200 valence electrons. The number of aliphatic hydroxyl groups excluding tert-OH is 1. The number of rotatable bonds is 7. The minimum atomic E-state index is -4.52. The number of para-hydroxylation sites is 1. The molecule has 1 saturated heterocycles. The van der Waals surface area contributed by atoms with Crippen LogP contribution in [0.4, 0.5) is 34.6 Å². The second-order valence-corrected chi connectivity index (χ2v) is 8.75. The van der Waals surface area contributed by atoms with Crippen LogP contribution >= 0.6 is 0 Å². The van der Waals surface area contributed by atoms with Crippen LogP contribution in [0.1, 0.15) is 15.9 Å². The van der Waals surface area contributed by atoms with Crippen LogP contribution in [0.15, 0.2) is 72.8 Å². The number of hydrogen-bond acceptors (Lipinski definition) is 5. The van der Waals surface area contributed by atoms with E-state index in [1.807, 2.05) is 4.90 Å². The number of hydrogen-bond donors (Lipinski definition) is 3. The number of carbonyl (C=O) groups is 2. The largest absolute Gasteiger partial charge is 0.416 e. The second kappa shape index (κ2) is 11.5. The second-order valence-electron chi connectivity index (χ2n) is 8.75. The van der Waals surface area contributed by atoms with Crippen molar-refractivity contribution in [2.45, 2.75) is 12.2 Å². The standard InChI is InChI=1S/C27H26F4N4O3/c28-19-8-10-21(11-9-19)34-12-14-35(15-13-34)26(38)24(17-36)33-25(37)22-6-1-2-7-23(22)32-20-5-3-4-18(16-20)27(29,30)31/h1-11,16,24,32,36H,12-15,17H2,(H,33,37). The van der Waals surface area contributed by atoms with E-state index in [0.717, 1.165) is 17.8 Å². The number of benzene rings is 3. The molecule has 1 fully saturated rings. The van der Waals surface area contributed by atoms with Gasteiger partial charge in [0.2, 0.25) is 5.91 Å². The number of halogens is 4. The van der Waals surface area contributed by atoms with Crippen molar-refractivity contribution in [2.24, 2.45) is 0 Å². The smallest absolute Gasteiger partial charge is 0.394 e. The van der Waals surface area contributed by atoms with Gasteiger partial charge in [0.15, 0.2) is 0 Å². The molecule has 2 amide bonds. The van der Waals surface area contributed by atoms with Crippen LogP contribution < -0.4 is 15.5 Å². The Hall–Kier alpha value is -4.12. The molecule has 38 heavy (non-hydrogen) atoms. The molecule has 4 rings (SSSR count). The van der Waals surface area contributed by atoms with Crippen LogP contribution in [0.5, 0.6) is 0 Å². The summed E-state index contributed by atoms with van der Waals surface area (Å²) in [7, 11) is 0. The lowest BCUT2D eigenvalue weighted by Gasteiger charge is -2.37. The highest BCUT2D eigenvalue weighted by atomic mass is 19.4. The zero-order chi connectivity index (χ0) is 27.3. The van der Waals surface area contributed by atoms with E-state index < -0.39 is 36.2 Å². The molecule has 0 aliphatic carbocycles. The van der Waals surface area contributed by atoms with Crippen LogP contribution in [0, 0.1) is 5.82 Å². The normalized spacial score (nSPS) is 14.7. The molecule has 3 aromatic rings. The predicted octanol–water partition coefficient (Wildman–Crippen LogP) is 4.03. The SMILES string of the molecule is O=C(NC(CO)C(=O)N1CCN(c2ccc(F)cc2)CC1)c1ccccc1Nc1cccc(C(F)(F)F)c1. The van der Waals surface area contributed by atoms with Crippen LogP contribution in [-0.2, 0) is 11.0 Å². The van der Waals surface area contributed by atoms with Crippen molar-refractivity contribution in [3.63, 3.8) is 0 Å². The molecule has 0 spiro atoms. The Balaban J connectivity index is 1.41. The molecular weight excluding hydrogens is 504 g/mol. The van der Waals surface area contributed by atoms with Gasteiger partial charge in [-0.3, -0.25) is 9.59 Å². The highest BCUT2D eigenvalue weighted by Gasteiger charge is 2.31. The Morgan fingerprint density at radius 1 is 0.921 bits per heavy atom. The molecule has 3 aromatic carbocycles. The quantitative estimate of drug-likeness (QED) is 0.402. The number of aliphatic hydroxyl groups is 1. The number of nitrogens with zero attached hydrogens (tertiary/aromatic N) is 2. The van der Waals surface area contributed by atoms with E-state index in [-0.39, 0.29) is 22.8 Å². The van der Waals surface area contributed by atoms with Gasteiger partial charge in [0, 0.05) is 37.6 Å². The third-order valence-electron chi connectivity index (χ3n) is 6.21. The van der Waals surface area contributed by atoms with Crippen molar-refractivity contribution in [3.05, 3.63) is 89.7 Å². The first-order valence-electron chi connectivity index (χ1n) is 11.9. The summed E-state index contributed by atoms with van der Waals surface area (Å²) in [5.74, 6) is -1.46. The van der Waals surface area contributed by atoms with Crippen molar-refractivity contribution in [3.8, 4) is 0 Å². The lowest BCUT2D eigenvalue weighted by Crippen LogP contribution is -2.56. The molecule has 0 bridgehead atoms. The monoisotopic (exact) mass is 530 g/mol. The predicted molar refractivity (Wildman–Crippen MR) is 135 cm³/mol. The maximum absolute atomic E-state index is 13.2. The van der Waals surface area contributed by atoms with Crippen molar-refractivity contribution >= 4 is 28.9 Å². The van der Waals surface area contributed by atoms with Gasteiger partial charge >= 0.3 is 6.18 Å². The summed E-state index contributed by atoms with van der Waals surface area (Å²) in [4.78, 5) is 29.6. The summed E-state index contributed by atoms with van der Waals surface area (Å²) in [6.45, 7) is 1.04. The Bertz CT molecular complexity index is 1280. The van der Waals surface area contributed by atoms with E-state index in [9.17, 15) is 32.3 Å². The zero-order valence-electron chi connectivity index (χ0n) is 20.2. The van der Waals surface area contributed by atoms with Crippen molar-refractivity contribution in [2.75, 3.05) is 43.0 Å². The van der Waals surface area contributed by atoms with Crippen molar-refractivity contribution in [1.29, 1.82) is 0 Å². The number of carbonyl (C=O) groups excluding carboxylic acids is 2. The Labute approximate surface area is 216 Å². The summed E-state index contributed by atoms with van der Waals surface area (Å²) >= 11 is 0. The van der Waals surface area contributed by atoms with Crippen LogP contribution in [-0.4, -0.2) is 60.6 Å². The fourth-order valence-corrected chi connectivity index (χ4v) is 4.20. The number of anilines is 3. The summed E-state index contributed by atoms with van der Waals surface area (Å²) in [5.41, 5.74) is 0.456. The maximum Gasteiger partial charge on any atom is 0.416 e. The summed E-state index contributed by atoms with van der Waals surface area (Å²) in [6, 6.07) is 15.6. The maximum atomic E-state index is 13.2. The topological polar surface area (TPSA) is 84.9 Å². The van der Waals surface area contributed by atoms with E-state index in [2.05, 4.69) is 10.6 Å². The van der Waals surface area contributed by atoms with Gasteiger partial charge < -0.3 is 25.5 Å². The number of nitrogens with one attached hydrogen (secondary N) is 2. The highest BCUT2D eigenvalue weighted by molar-refractivity contribution is 6.02. The average molecular weight is 531 g/mol. The molecule has 0 radical (unpaired) electrons. The first-order valence-corrected chi connectivity index (χ1v) is 11.9. The Morgan fingerprint density at radius 2 is 1.61 bits per heavy atom. The zero-order valence-corrected chi connectivity index (χ0v) is 20.2. The molecule has 1 atom stereocenters. The average Bonchev–Trinajstić information content (AvgIpc) is 2.92. The third kappa shape index (κ3) is 6.41. The molecule has 0 saturated carbocycles. The molecule has 1 aliphatic heterocycles. The van der Waals surface area contributed by atoms with Gasteiger partial charge in [-0.1, -0.05) is 18.2 Å².